The fourth-order valence-corrected chi connectivity index (χ4v) is 2.56. The van der Waals surface area contributed by atoms with Gasteiger partial charge in [-0.2, -0.15) is 5.10 Å². The largest absolute Gasteiger partial charge is 0.366 e. The van der Waals surface area contributed by atoms with Crippen molar-refractivity contribution in [3.05, 3.63) is 36.5 Å². The second kappa shape index (κ2) is 3.53. The summed E-state index contributed by atoms with van der Waals surface area (Å²) in [4.78, 5) is 5.21. The van der Waals surface area contributed by atoms with Crippen LogP contribution in [-0.4, -0.2) is 15.2 Å². The number of hydrogen-bond acceptors (Lipinski definition) is 5. The van der Waals surface area contributed by atoms with Crippen LogP contribution in [-0.2, 0) is 0 Å². The maximum atomic E-state index is 5.51. The number of benzene rings is 1. The summed E-state index contributed by atoms with van der Waals surface area (Å²) in [5.74, 6) is 0.204. The predicted octanol–water partition coefficient (Wildman–Crippen LogP) is 2.34. The monoisotopic (exact) mass is 228 g/mol. The van der Waals surface area contributed by atoms with Crippen LogP contribution < -0.4 is 5.73 Å². The maximum Gasteiger partial charge on any atom is 0.240 e. The van der Waals surface area contributed by atoms with Gasteiger partial charge in [0.1, 0.15) is 5.69 Å². The van der Waals surface area contributed by atoms with Crippen molar-refractivity contribution in [1.82, 2.24) is 15.2 Å². The van der Waals surface area contributed by atoms with Gasteiger partial charge in [-0.15, -0.1) is 16.4 Å². The average molecular weight is 228 g/mol. The van der Waals surface area contributed by atoms with E-state index in [2.05, 4.69) is 33.4 Å². The third-order valence-corrected chi connectivity index (χ3v) is 3.39. The number of rotatable bonds is 1. The first-order chi connectivity index (χ1) is 7.83. The summed E-state index contributed by atoms with van der Waals surface area (Å²) in [5.41, 5.74) is 6.28. The molecule has 0 amide bonds. The minimum atomic E-state index is 0.204. The summed E-state index contributed by atoms with van der Waals surface area (Å²) < 4.78 is 1.23. The molecule has 0 radical (unpaired) electrons. The lowest BCUT2D eigenvalue weighted by Gasteiger charge is -1.94. The average Bonchev–Trinajstić information content (AvgIpc) is 2.72. The molecule has 0 aliphatic heterocycles. The molecule has 0 spiro atoms. The van der Waals surface area contributed by atoms with Gasteiger partial charge in [0, 0.05) is 4.70 Å². The zero-order valence-electron chi connectivity index (χ0n) is 8.29. The number of anilines is 1. The van der Waals surface area contributed by atoms with Gasteiger partial charge in [0.05, 0.1) is 11.1 Å². The van der Waals surface area contributed by atoms with Crippen molar-refractivity contribution >= 4 is 27.4 Å². The molecule has 0 unspecified atom stereocenters. The molecule has 0 bridgehead atoms. The molecule has 0 aliphatic rings. The standard InChI is InChI=1S/C11H8N4S/c12-11-14-8(6-13-15-11)10-5-7-3-1-2-4-9(7)16-10/h1-6H,(H2,12,14,15). The molecule has 1 aromatic carbocycles. The van der Waals surface area contributed by atoms with E-state index in [0.29, 0.717) is 0 Å². The normalized spacial score (nSPS) is 10.8. The fraction of sp³-hybridized carbons (Fsp3) is 0. The molecule has 2 aromatic heterocycles. The summed E-state index contributed by atoms with van der Waals surface area (Å²) in [5, 5.41) is 8.65. The molecule has 78 valence electrons. The Balaban J connectivity index is 2.19. The minimum Gasteiger partial charge on any atom is -0.366 e. The van der Waals surface area contributed by atoms with E-state index < -0.39 is 0 Å². The molecule has 3 aromatic rings. The molecule has 16 heavy (non-hydrogen) atoms. The molecule has 4 nitrogen and oxygen atoms in total. The molecule has 0 saturated heterocycles. The SMILES string of the molecule is Nc1nncc(-c2cc3ccccc3s2)n1. The molecular formula is C11H8N4S. The topological polar surface area (TPSA) is 64.7 Å². The zero-order chi connectivity index (χ0) is 11.0. The first-order valence-electron chi connectivity index (χ1n) is 4.77. The highest BCUT2D eigenvalue weighted by molar-refractivity contribution is 7.22. The van der Waals surface area contributed by atoms with Crippen molar-refractivity contribution in [2.75, 3.05) is 5.73 Å². The van der Waals surface area contributed by atoms with Crippen LogP contribution >= 0.6 is 11.3 Å². The lowest BCUT2D eigenvalue weighted by atomic mass is 10.2. The van der Waals surface area contributed by atoms with Crippen LogP contribution in [0.2, 0.25) is 0 Å². The van der Waals surface area contributed by atoms with Crippen molar-refractivity contribution < 1.29 is 0 Å². The van der Waals surface area contributed by atoms with Crippen molar-refractivity contribution in [3.63, 3.8) is 0 Å². The fourth-order valence-electron chi connectivity index (χ4n) is 1.54. The first kappa shape index (κ1) is 9.23. The third-order valence-electron chi connectivity index (χ3n) is 2.25. The molecular weight excluding hydrogens is 220 g/mol. The Morgan fingerprint density at radius 1 is 1.19 bits per heavy atom. The number of thiophene rings is 1. The second-order valence-electron chi connectivity index (χ2n) is 3.35. The van der Waals surface area contributed by atoms with E-state index >= 15 is 0 Å². The zero-order valence-corrected chi connectivity index (χ0v) is 9.11. The predicted molar refractivity (Wildman–Crippen MR) is 65.1 cm³/mol. The highest BCUT2D eigenvalue weighted by atomic mass is 32.1. The second-order valence-corrected chi connectivity index (χ2v) is 4.43. The molecule has 0 atom stereocenters. The summed E-state index contributed by atoms with van der Waals surface area (Å²) in [7, 11) is 0. The Morgan fingerprint density at radius 2 is 2.06 bits per heavy atom. The number of aromatic nitrogens is 3. The smallest absolute Gasteiger partial charge is 0.240 e. The van der Waals surface area contributed by atoms with Crippen LogP contribution in [0.3, 0.4) is 0 Å². The first-order valence-corrected chi connectivity index (χ1v) is 5.59. The third kappa shape index (κ3) is 1.51. The van der Waals surface area contributed by atoms with E-state index in [1.165, 1.54) is 10.1 Å². The number of nitrogens with two attached hydrogens (primary N) is 1. The van der Waals surface area contributed by atoms with Crippen molar-refractivity contribution in [1.29, 1.82) is 0 Å². The van der Waals surface area contributed by atoms with Crippen molar-refractivity contribution in [3.8, 4) is 10.6 Å². The molecule has 2 N–H and O–H groups in total. The summed E-state index contributed by atoms with van der Waals surface area (Å²) >= 11 is 1.67. The van der Waals surface area contributed by atoms with E-state index in [9.17, 15) is 0 Å². The van der Waals surface area contributed by atoms with E-state index in [1.54, 1.807) is 17.5 Å². The van der Waals surface area contributed by atoms with Gasteiger partial charge in [-0.3, -0.25) is 0 Å². The minimum absolute atomic E-state index is 0.204. The van der Waals surface area contributed by atoms with Crippen LogP contribution in [0, 0.1) is 0 Å². The molecule has 0 fully saturated rings. The molecule has 0 aliphatic carbocycles. The summed E-state index contributed by atoms with van der Waals surface area (Å²) in [6.07, 6.45) is 1.63. The Morgan fingerprint density at radius 3 is 2.88 bits per heavy atom. The van der Waals surface area contributed by atoms with Crippen LogP contribution in [0.4, 0.5) is 5.95 Å². The van der Waals surface area contributed by atoms with Crippen LogP contribution in [0.5, 0.6) is 0 Å². The van der Waals surface area contributed by atoms with Crippen molar-refractivity contribution in [2.24, 2.45) is 0 Å². The van der Waals surface area contributed by atoms with Gasteiger partial charge in [-0.1, -0.05) is 18.2 Å². The summed E-state index contributed by atoms with van der Waals surface area (Å²) in [6.45, 7) is 0. The Kier molecular flexibility index (Phi) is 2.04. The molecule has 5 heteroatoms. The van der Waals surface area contributed by atoms with E-state index in [0.717, 1.165) is 10.6 Å². The van der Waals surface area contributed by atoms with Gasteiger partial charge in [0.15, 0.2) is 0 Å². The summed E-state index contributed by atoms with van der Waals surface area (Å²) in [6, 6.07) is 10.3. The van der Waals surface area contributed by atoms with E-state index in [1.807, 2.05) is 12.1 Å². The van der Waals surface area contributed by atoms with Gasteiger partial charge in [0.25, 0.3) is 0 Å². The van der Waals surface area contributed by atoms with Gasteiger partial charge in [-0.05, 0) is 17.5 Å². The highest BCUT2D eigenvalue weighted by Gasteiger charge is 2.05. The van der Waals surface area contributed by atoms with Gasteiger partial charge < -0.3 is 5.73 Å². The van der Waals surface area contributed by atoms with Gasteiger partial charge in [-0.25, -0.2) is 4.98 Å². The molecule has 0 saturated carbocycles. The quantitative estimate of drug-likeness (QED) is 0.694. The van der Waals surface area contributed by atoms with Crippen LogP contribution in [0.15, 0.2) is 36.5 Å². The Labute approximate surface area is 95.8 Å². The highest BCUT2D eigenvalue weighted by Crippen LogP contribution is 2.31. The molecule has 3 rings (SSSR count). The van der Waals surface area contributed by atoms with Gasteiger partial charge in [0.2, 0.25) is 5.95 Å². The number of hydrogen-bond donors (Lipinski definition) is 1. The van der Waals surface area contributed by atoms with E-state index in [-0.39, 0.29) is 5.95 Å². The number of nitrogen functional groups attached to an aromatic ring is 1. The van der Waals surface area contributed by atoms with Gasteiger partial charge >= 0.3 is 0 Å². The number of fused-ring (bicyclic) bond motifs is 1. The lowest BCUT2D eigenvalue weighted by Crippen LogP contribution is -1.97. The Bertz CT molecular complexity index is 614. The van der Waals surface area contributed by atoms with Crippen LogP contribution in [0.25, 0.3) is 20.7 Å². The maximum absolute atomic E-state index is 5.51. The van der Waals surface area contributed by atoms with Crippen LogP contribution in [0.1, 0.15) is 0 Å². The molecule has 2 heterocycles. The van der Waals surface area contributed by atoms with E-state index in [4.69, 9.17) is 5.73 Å². The number of nitrogens with zero attached hydrogens (tertiary/aromatic N) is 3. The Hall–Kier alpha value is -2.01. The van der Waals surface area contributed by atoms with Crippen molar-refractivity contribution in [2.45, 2.75) is 0 Å². The lowest BCUT2D eigenvalue weighted by molar-refractivity contribution is 0.992.